The van der Waals surface area contributed by atoms with Gasteiger partial charge in [0.15, 0.2) is 0 Å². The molecule has 4 heteroatoms. The minimum absolute atomic E-state index is 0.0145. The quantitative estimate of drug-likeness (QED) is 0.684. The molecule has 0 fully saturated rings. The van der Waals surface area contributed by atoms with Gasteiger partial charge in [-0.05, 0) is 25.0 Å². The summed E-state index contributed by atoms with van der Waals surface area (Å²) in [7, 11) is 0. The minimum Gasteiger partial charge on any atom is -0.349 e. The smallest absolute Gasteiger partial charge is 0.261 e. The average molecular weight is 202 g/mol. The normalized spacial score (nSPS) is 21.8. The third-order valence-corrected chi connectivity index (χ3v) is 3.19. The van der Waals surface area contributed by atoms with Crippen LogP contribution in [0.3, 0.4) is 0 Å². The SMILES string of the molecule is CC1Cc2cc(Cl)sc2C(=O)N1. The lowest BCUT2D eigenvalue weighted by molar-refractivity contribution is 0.0934. The van der Waals surface area contributed by atoms with Gasteiger partial charge in [0.1, 0.15) is 0 Å². The van der Waals surface area contributed by atoms with Crippen LogP contribution in [0.5, 0.6) is 0 Å². The van der Waals surface area contributed by atoms with E-state index in [1.54, 1.807) is 0 Å². The van der Waals surface area contributed by atoms with Gasteiger partial charge < -0.3 is 5.32 Å². The average Bonchev–Trinajstić information content (AvgIpc) is 2.29. The van der Waals surface area contributed by atoms with Crippen molar-refractivity contribution in [1.82, 2.24) is 5.32 Å². The first-order valence-electron chi connectivity index (χ1n) is 3.76. The summed E-state index contributed by atoms with van der Waals surface area (Å²) in [4.78, 5) is 12.1. The van der Waals surface area contributed by atoms with Gasteiger partial charge in [-0.2, -0.15) is 0 Å². The Morgan fingerprint density at radius 1 is 1.75 bits per heavy atom. The Morgan fingerprint density at radius 3 is 3.25 bits per heavy atom. The highest BCUT2D eigenvalue weighted by molar-refractivity contribution is 7.18. The molecule has 1 amide bonds. The van der Waals surface area contributed by atoms with Crippen LogP contribution in [0.25, 0.3) is 0 Å². The highest BCUT2D eigenvalue weighted by atomic mass is 35.5. The van der Waals surface area contributed by atoms with Crippen molar-refractivity contribution in [3.05, 3.63) is 20.8 Å². The number of fused-ring (bicyclic) bond motifs is 1. The second-order valence-electron chi connectivity index (χ2n) is 2.98. The van der Waals surface area contributed by atoms with E-state index in [2.05, 4.69) is 5.32 Å². The summed E-state index contributed by atoms with van der Waals surface area (Å²) in [5.74, 6) is 0.0145. The topological polar surface area (TPSA) is 29.1 Å². The van der Waals surface area contributed by atoms with Crippen LogP contribution in [-0.2, 0) is 6.42 Å². The molecule has 64 valence electrons. The van der Waals surface area contributed by atoms with Gasteiger partial charge in [-0.3, -0.25) is 4.79 Å². The van der Waals surface area contributed by atoms with Crippen molar-refractivity contribution in [2.75, 3.05) is 0 Å². The maximum absolute atomic E-state index is 11.3. The molecule has 2 heterocycles. The molecule has 12 heavy (non-hydrogen) atoms. The second-order valence-corrected chi connectivity index (χ2v) is 4.67. The molecule has 1 unspecified atom stereocenters. The first-order valence-corrected chi connectivity index (χ1v) is 4.95. The van der Waals surface area contributed by atoms with E-state index in [4.69, 9.17) is 11.6 Å². The Balaban J connectivity index is 2.46. The number of amides is 1. The molecule has 1 aliphatic heterocycles. The van der Waals surface area contributed by atoms with Crippen LogP contribution >= 0.6 is 22.9 Å². The van der Waals surface area contributed by atoms with Gasteiger partial charge in [-0.1, -0.05) is 11.6 Å². The first kappa shape index (κ1) is 8.08. The Kier molecular flexibility index (Phi) is 1.85. The van der Waals surface area contributed by atoms with Crippen LogP contribution in [0.1, 0.15) is 22.2 Å². The second kappa shape index (κ2) is 2.75. The lowest BCUT2D eigenvalue weighted by Gasteiger charge is -2.18. The summed E-state index contributed by atoms with van der Waals surface area (Å²) in [6.07, 6.45) is 0.893. The highest BCUT2D eigenvalue weighted by Gasteiger charge is 2.23. The zero-order valence-corrected chi connectivity index (χ0v) is 8.13. The molecule has 0 aromatic carbocycles. The van der Waals surface area contributed by atoms with Crippen LogP contribution < -0.4 is 5.32 Å². The number of halogens is 1. The maximum atomic E-state index is 11.3. The monoisotopic (exact) mass is 201 g/mol. The molecule has 1 atom stereocenters. The van der Waals surface area contributed by atoms with E-state index >= 15 is 0 Å². The fourth-order valence-corrected chi connectivity index (χ4v) is 2.59. The van der Waals surface area contributed by atoms with Crippen LogP contribution in [0.15, 0.2) is 6.07 Å². The van der Waals surface area contributed by atoms with Crippen LogP contribution in [0, 0.1) is 0 Å². The summed E-state index contributed by atoms with van der Waals surface area (Å²) in [5.41, 5.74) is 1.08. The van der Waals surface area contributed by atoms with Gasteiger partial charge in [0, 0.05) is 6.04 Å². The van der Waals surface area contributed by atoms with E-state index in [1.807, 2.05) is 13.0 Å². The van der Waals surface area contributed by atoms with Crippen molar-refractivity contribution in [3.63, 3.8) is 0 Å². The largest absolute Gasteiger partial charge is 0.349 e. The summed E-state index contributed by atoms with van der Waals surface area (Å²) in [5, 5.41) is 2.86. The third kappa shape index (κ3) is 1.23. The Bertz CT molecular complexity index is 334. The Morgan fingerprint density at radius 2 is 2.50 bits per heavy atom. The molecule has 0 saturated heterocycles. The fraction of sp³-hybridized carbons (Fsp3) is 0.375. The predicted molar refractivity (Wildman–Crippen MR) is 50.0 cm³/mol. The molecule has 0 aliphatic carbocycles. The van der Waals surface area contributed by atoms with Crippen molar-refractivity contribution < 1.29 is 4.79 Å². The predicted octanol–water partition coefficient (Wildman–Crippen LogP) is 2.08. The molecule has 1 aromatic heterocycles. The molecular formula is C8H8ClNOS. The van der Waals surface area contributed by atoms with E-state index in [0.717, 1.165) is 16.9 Å². The molecular weight excluding hydrogens is 194 g/mol. The molecule has 0 saturated carbocycles. The lowest BCUT2D eigenvalue weighted by atomic mass is 10.0. The van der Waals surface area contributed by atoms with Crippen LogP contribution in [0.2, 0.25) is 4.34 Å². The van der Waals surface area contributed by atoms with E-state index in [1.165, 1.54) is 11.3 Å². The zero-order valence-electron chi connectivity index (χ0n) is 6.56. The molecule has 0 bridgehead atoms. The third-order valence-electron chi connectivity index (χ3n) is 1.89. The summed E-state index contributed by atoms with van der Waals surface area (Å²) < 4.78 is 0.698. The number of hydrogen-bond acceptors (Lipinski definition) is 2. The molecule has 0 spiro atoms. The number of thiophene rings is 1. The number of carbonyl (C=O) groups is 1. The number of nitrogens with one attached hydrogen (secondary N) is 1. The van der Waals surface area contributed by atoms with Crippen LogP contribution in [0.4, 0.5) is 0 Å². The highest BCUT2D eigenvalue weighted by Crippen LogP contribution is 2.29. The molecule has 1 aromatic rings. The number of carbonyl (C=O) groups excluding carboxylic acids is 1. The van der Waals surface area contributed by atoms with E-state index in [0.29, 0.717) is 4.34 Å². The van der Waals surface area contributed by atoms with Crippen molar-refractivity contribution in [2.45, 2.75) is 19.4 Å². The standard InChI is InChI=1S/C8H8ClNOS/c1-4-2-5-3-6(9)12-7(5)8(11)10-4/h3-4H,2H2,1H3,(H,10,11). The molecule has 2 nitrogen and oxygen atoms in total. The summed E-state index contributed by atoms with van der Waals surface area (Å²) in [6, 6.07) is 2.12. The zero-order chi connectivity index (χ0) is 8.72. The minimum atomic E-state index is 0.0145. The Hall–Kier alpha value is -0.540. The molecule has 2 rings (SSSR count). The van der Waals surface area contributed by atoms with Gasteiger partial charge >= 0.3 is 0 Å². The van der Waals surface area contributed by atoms with Gasteiger partial charge in [0.25, 0.3) is 5.91 Å². The lowest BCUT2D eigenvalue weighted by Crippen LogP contribution is -2.38. The number of hydrogen-bond donors (Lipinski definition) is 1. The van der Waals surface area contributed by atoms with Crippen molar-refractivity contribution in [2.24, 2.45) is 0 Å². The van der Waals surface area contributed by atoms with Crippen molar-refractivity contribution >= 4 is 28.8 Å². The van der Waals surface area contributed by atoms with Crippen LogP contribution in [-0.4, -0.2) is 11.9 Å². The summed E-state index contributed by atoms with van der Waals surface area (Å²) >= 11 is 7.16. The van der Waals surface area contributed by atoms with E-state index < -0.39 is 0 Å². The Labute approximate surface area is 79.5 Å². The maximum Gasteiger partial charge on any atom is 0.261 e. The van der Waals surface area contributed by atoms with Gasteiger partial charge in [-0.15, -0.1) is 11.3 Å². The molecule has 1 aliphatic rings. The van der Waals surface area contributed by atoms with Gasteiger partial charge in [-0.25, -0.2) is 0 Å². The van der Waals surface area contributed by atoms with Gasteiger partial charge in [0.2, 0.25) is 0 Å². The summed E-state index contributed by atoms with van der Waals surface area (Å²) in [6.45, 7) is 1.99. The van der Waals surface area contributed by atoms with Crippen molar-refractivity contribution in [1.29, 1.82) is 0 Å². The van der Waals surface area contributed by atoms with Crippen molar-refractivity contribution in [3.8, 4) is 0 Å². The molecule has 0 radical (unpaired) electrons. The molecule has 1 N–H and O–H groups in total. The first-order chi connectivity index (χ1) is 5.66. The van der Waals surface area contributed by atoms with Gasteiger partial charge in [0.05, 0.1) is 9.21 Å². The van der Waals surface area contributed by atoms with E-state index in [-0.39, 0.29) is 11.9 Å². The fourth-order valence-electron chi connectivity index (χ4n) is 1.41. The van der Waals surface area contributed by atoms with E-state index in [9.17, 15) is 4.79 Å². The number of rotatable bonds is 0.